The first-order chi connectivity index (χ1) is 15.0. The SMILES string of the molecule is CCNC(=NCc1ccc(S(=O)(=O)N2CCCC2)cc1)NCc1c(CC)noc1CC.I. The van der Waals surface area contributed by atoms with Crippen molar-refractivity contribution in [3.8, 4) is 0 Å². The molecule has 2 N–H and O–H groups in total. The Morgan fingerprint density at radius 3 is 2.38 bits per heavy atom. The van der Waals surface area contributed by atoms with Gasteiger partial charge in [-0.05, 0) is 43.9 Å². The van der Waals surface area contributed by atoms with E-state index in [0.717, 1.165) is 54.8 Å². The third kappa shape index (κ3) is 6.44. The highest BCUT2D eigenvalue weighted by Crippen LogP contribution is 2.21. The molecule has 3 rings (SSSR count). The second-order valence-electron chi connectivity index (χ2n) is 7.54. The van der Waals surface area contributed by atoms with Gasteiger partial charge in [0.2, 0.25) is 10.0 Å². The van der Waals surface area contributed by atoms with Crippen molar-refractivity contribution in [3.63, 3.8) is 0 Å². The summed E-state index contributed by atoms with van der Waals surface area (Å²) in [5.74, 6) is 1.59. The van der Waals surface area contributed by atoms with Gasteiger partial charge in [0.25, 0.3) is 0 Å². The summed E-state index contributed by atoms with van der Waals surface area (Å²) in [5, 5.41) is 10.8. The minimum Gasteiger partial charge on any atom is -0.361 e. The number of hydrogen-bond acceptors (Lipinski definition) is 5. The highest BCUT2D eigenvalue weighted by atomic mass is 127. The van der Waals surface area contributed by atoms with Crippen molar-refractivity contribution in [2.75, 3.05) is 19.6 Å². The van der Waals surface area contributed by atoms with Gasteiger partial charge < -0.3 is 15.2 Å². The van der Waals surface area contributed by atoms with Gasteiger partial charge in [0.1, 0.15) is 5.76 Å². The second-order valence-corrected chi connectivity index (χ2v) is 9.48. The lowest BCUT2D eigenvalue weighted by Gasteiger charge is -2.15. The lowest BCUT2D eigenvalue weighted by atomic mass is 10.1. The Bertz CT molecular complexity index is 962. The zero-order valence-electron chi connectivity index (χ0n) is 19.1. The molecular weight excluding hydrogens is 541 g/mol. The van der Waals surface area contributed by atoms with Gasteiger partial charge in [-0.25, -0.2) is 13.4 Å². The second kappa shape index (κ2) is 12.5. The van der Waals surface area contributed by atoms with Crippen molar-refractivity contribution in [1.82, 2.24) is 20.1 Å². The van der Waals surface area contributed by atoms with Crippen LogP contribution in [-0.2, 0) is 36.0 Å². The fourth-order valence-corrected chi connectivity index (χ4v) is 5.18. The molecule has 2 aromatic rings. The van der Waals surface area contributed by atoms with Crippen molar-refractivity contribution in [1.29, 1.82) is 0 Å². The Morgan fingerprint density at radius 2 is 1.78 bits per heavy atom. The molecule has 32 heavy (non-hydrogen) atoms. The average molecular weight is 576 g/mol. The van der Waals surface area contributed by atoms with Crippen molar-refractivity contribution >= 4 is 40.0 Å². The van der Waals surface area contributed by atoms with E-state index in [0.29, 0.717) is 37.0 Å². The molecule has 1 aromatic heterocycles. The molecule has 0 amide bonds. The van der Waals surface area contributed by atoms with E-state index in [4.69, 9.17) is 4.52 Å². The van der Waals surface area contributed by atoms with Crippen LogP contribution in [0.2, 0.25) is 0 Å². The molecule has 0 radical (unpaired) electrons. The third-order valence-corrected chi connectivity index (χ3v) is 7.34. The average Bonchev–Trinajstić information content (AvgIpc) is 3.46. The summed E-state index contributed by atoms with van der Waals surface area (Å²) in [5.41, 5.74) is 3.01. The minimum absolute atomic E-state index is 0. The number of aliphatic imine (C=N–C) groups is 1. The van der Waals surface area contributed by atoms with Gasteiger partial charge in [-0.15, -0.1) is 24.0 Å². The monoisotopic (exact) mass is 575 g/mol. The summed E-state index contributed by atoms with van der Waals surface area (Å²) in [6.45, 7) is 9.13. The number of aryl methyl sites for hydroxylation is 2. The first kappa shape index (κ1) is 26.6. The zero-order valence-corrected chi connectivity index (χ0v) is 22.2. The van der Waals surface area contributed by atoms with Crippen molar-refractivity contribution in [2.45, 2.75) is 64.4 Å². The molecule has 178 valence electrons. The largest absolute Gasteiger partial charge is 0.361 e. The predicted molar refractivity (Wildman–Crippen MR) is 137 cm³/mol. The number of aromatic nitrogens is 1. The minimum atomic E-state index is -3.38. The Balaban J connectivity index is 0.00000363. The maximum Gasteiger partial charge on any atom is 0.243 e. The van der Waals surface area contributed by atoms with Gasteiger partial charge >= 0.3 is 0 Å². The lowest BCUT2D eigenvalue weighted by molar-refractivity contribution is 0.380. The molecule has 0 unspecified atom stereocenters. The molecule has 1 aromatic carbocycles. The van der Waals surface area contributed by atoms with Crippen LogP contribution in [0, 0.1) is 0 Å². The van der Waals surface area contributed by atoms with E-state index in [1.54, 1.807) is 16.4 Å². The molecule has 8 nitrogen and oxygen atoms in total. The molecule has 0 saturated carbocycles. The fraction of sp³-hybridized carbons (Fsp3) is 0.545. The standard InChI is InChI=1S/C22H33N5O3S.HI/c1-4-20-19(21(5-2)30-26-20)16-25-22(23-6-3)24-15-17-9-11-18(12-10-17)31(28,29)27-13-7-8-14-27;/h9-12H,4-8,13-16H2,1-3H3,(H2,23,24,25);1H. The predicted octanol–water partition coefficient (Wildman–Crippen LogP) is 3.46. The Kier molecular flexibility index (Phi) is 10.4. The van der Waals surface area contributed by atoms with Crippen molar-refractivity contribution in [2.24, 2.45) is 4.99 Å². The number of hydrogen-bond donors (Lipinski definition) is 2. The first-order valence-electron chi connectivity index (χ1n) is 11.1. The van der Waals surface area contributed by atoms with Gasteiger partial charge in [-0.3, -0.25) is 0 Å². The van der Waals surface area contributed by atoms with Crippen LogP contribution >= 0.6 is 24.0 Å². The normalized spacial score (nSPS) is 14.9. The lowest BCUT2D eigenvalue weighted by Crippen LogP contribution is -2.37. The number of halogens is 1. The molecule has 10 heteroatoms. The highest BCUT2D eigenvalue weighted by Gasteiger charge is 2.26. The molecule has 0 spiro atoms. The molecule has 0 aliphatic carbocycles. The quantitative estimate of drug-likeness (QED) is 0.270. The number of guanidine groups is 1. The van der Waals surface area contributed by atoms with Crippen LogP contribution in [0.1, 0.15) is 56.2 Å². The smallest absolute Gasteiger partial charge is 0.243 e. The van der Waals surface area contributed by atoms with Gasteiger partial charge in [-0.1, -0.05) is 31.1 Å². The summed E-state index contributed by atoms with van der Waals surface area (Å²) in [6, 6.07) is 7.02. The number of rotatable bonds is 9. The van der Waals surface area contributed by atoms with Crippen LogP contribution in [-0.4, -0.2) is 43.5 Å². The summed E-state index contributed by atoms with van der Waals surface area (Å²) in [7, 11) is -3.38. The molecule has 0 atom stereocenters. The van der Waals surface area contributed by atoms with Crippen molar-refractivity contribution in [3.05, 3.63) is 46.8 Å². The van der Waals surface area contributed by atoms with E-state index in [1.165, 1.54) is 0 Å². The molecule has 1 saturated heterocycles. The topological polar surface area (TPSA) is 99.8 Å². The number of nitrogens with zero attached hydrogens (tertiary/aromatic N) is 3. The Labute approximate surface area is 208 Å². The van der Waals surface area contributed by atoms with E-state index >= 15 is 0 Å². The van der Waals surface area contributed by atoms with Crippen LogP contribution < -0.4 is 10.6 Å². The molecule has 1 fully saturated rings. The molecule has 2 heterocycles. The van der Waals surface area contributed by atoms with Gasteiger partial charge in [0, 0.05) is 38.2 Å². The van der Waals surface area contributed by atoms with Crippen LogP contribution in [0.25, 0.3) is 0 Å². The summed E-state index contributed by atoms with van der Waals surface area (Å²) in [4.78, 5) is 4.99. The molecule has 0 bridgehead atoms. The maximum absolute atomic E-state index is 12.7. The van der Waals surface area contributed by atoms with Gasteiger partial charge in [0.15, 0.2) is 5.96 Å². The van der Waals surface area contributed by atoms with E-state index in [2.05, 4.69) is 34.6 Å². The van der Waals surface area contributed by atoms with Gasteiger partial charge in [-0.2, -0.15) is 4.31 Å². The van der Waals surface area contributed by atoms with Crippen LogP contribution in [0.4, 0.5) is 0 Å². The highest BCUT2D eigenvalue weighted by molar-refractivity contribution is 14.0. The third-order valence-electron chi connectivity index (χ3n) is 5.43. The number of benzene rings is 1. The van der Waals surface area contributed by atoms with Crippen LogP contribution in [0.15, 0.2) is 38.7 Å². The Hall–Kier alpha value is -1.66. The van der Waals surface area contributed by atoms with E-state index < -0.39 is 10.0 Å². The first-order valence-corrected chi connectivity index (χ1v) is 12.5. The summed E-state index contributed by atoms with van der Waals surface area (Å²) < 4.78 is 32.3. The van der Waals surface area contributed by atoms with Crippen LogP contribution in [0.5, 0.6) is 0 Å². The number of sulfonamides is 1. The molecule has 1 aliphatic heterocycles. The fourth-order valence-electron chi connectivity index (χ4n) is 3.67. The summed E-state index contributed by atoms with van der Waals surface area (Å²) in [6.07, 6.45) is 3.48. The molecule has 1 aliphatic rings. The van der Waals surface area contributed by atoms with E-state index in [1.807, 2.05) is 19.1 Å². The number of nitrogens with one attached hydrogen (secondary N) is 2. The van der Waals surface area contributed by atoms with Gasteiger partial charge in [0.05, 0.1) is 17.1 Å². The zero-order chi connectivity index (χ0) is 22.3. The molecular formula is C22H34IN5O3S. The van der Waals surface area contributed by atoms with Crippen LogP contribution in [0.3, 0.4) is 0 Å². The maximum atomic E-state index is 12.7. The van der Waals surface area contributed by atoms with E-state index in [9.17, 15) is 8.42 Å². The summed E-state index contributed by atoms with van der Waals surface area (Å²) >= 11 is 0. The van der Waals surface area contributed by atoms with E-state index in [-0.39, 0.29) is 24.0 Å². The van der Waals surface area contributed by atoms with Crippen molar-refractivity contribution < 1.29 is 12.9 Å². The Morgan fingerprint density at radius 1 is 1.09 bits per heavy atom.